The number of pyridine rings is 2. The third kappa shape index (κ3) is 3.26. The molecule has 0 aromatic carbocycles. The summed E-state index contributed by atoms with van der Waals surface area (Å²) in [4.78, 5) is 17.9. The van der Waals surface area contributed by atoms with Gasteiger partial charge in [-0.3, -0.25) is 15.1 Å². The Labute approximate surface area is 115 Å². The molecular weight excluding hydrogens is 258 g/mol. The van der Waals surface area contributed by atoms with Gasteiger partial charge < -0.3 is 5.32 Å². The van der Waals surface area contributed by atoms with Gasteiger partial charge in [0, 0.05) is 25.0 Å². The predicted octanol–water partition coefficient (Wildman–Crippen LogP) is 1.91. The molecule has 2 rings (SSSR count). The molecule has 20 heavy (non-hydrogen) atoms. The number of nitriles is 1. The van der Waals surface area contributed by atoms with Crippen LogP contribution >= 0.6 is 0 Å². The monoisotopic (exact) mass is 269 g/mol. The first-order valence-electron chi connectivity index (χ1n) is 5.88. The van der Waals surface area contributed by atoms with Crippen LogP contribution in [-0.2, 0) is 6.42 Å². The molecule has 2 aromatic rings. The summed E-state index contributed by atoms with van der Waals surface area (Å²) in [7, 11) is 0. The molecule has 7 nitrogen and oxygen atoms in total. The molecule has 7 heteroatoms. The Morgan fingerprint density at radius 1 is 1.40 bits per heavy atom. The number of anilines is 1. The summed E-state index contributed by atoms with van der Waals surface area (Å²) in [5.74, 6) is 0.354. The second-order valence-electron chi connectivity index (χ2n) is 3.99. The van der Waals surface area contributed by atoms with Gasteiger partial charge in [-0.2, -0.15) is 5.26 Å². The molecule has 0 amide bonds. The van der Waals surface area contributed by atoms with Gasteiger partial charge in [0.2, 0.25) is 0 Å². The minimum absolute atomic E-state index is 0.161. The first-order chi connectivity index (χ1) is 9.70. The van der Waals surface area contributed by atoms with Gasteiger partial charge in [0.25, 0.3) is 5.69 Å². The molecule has 0 spiro atoms. The Hall–Kier alpha value is -3.01. The van der Waals surface area contributed by atoms with Crippen LogP contribution in [0.25, 0.3) is 0 Å². The highest BCUT2D eigenvalue weighted by Gasteiger charge is 2.11. The summed E-state index contributed by atoms with van der Waals surface area (Å²) in [6.07, 6.45) is 5.29. The van der Waals surface area contributed by atoms with E-state index < -0.39 is 4.92 Å². The molecule has 0 fully saturated rings. The van der Waals surface area contributed by atoms with E-state index in [4.69, 9.17) is 5.26 Å². The number of rotatable bonds is 5. The van der Waals surface area contributed by atoms with E-state index >= 15 is 0 Å². The average molecular weight is 269 g/mol. The first kappa shape index (κ1) is 13.4. The lowest BCUT2D eigenvalue weighted by molar-refractivity contribution is -0.385. The molecule has 0 saturated heterocycles. The maximum Gasteiger partial charge on any atom is 0.289 e. The van der Waals surface area contributed by atoms with Crippen LogP contribution in [0.1, 0.15) is 11.1 Å². The van der Waals surface area contributed by atoms with Crippen molar-refractivity contribution in [2.24, 2.45) is 0 Å². The van der Waals surface area contributed by atoms with Gasteiger partial charge in [-0.25, -0.2) is 4.98 Å². The summed E-state index contributed by atoms with van der Waals surface area (Å²) < 4.78 is 0. The number of nitrogens with one attached hydrogen (secondary N) is 1. The van der Waals surface area contributed by atoms with Crippen molar-refractivity contribution in [3.8, 4) is 6.07 Å². The smallest absolute Gasteiger partial charge is 0.289 e. The van der Waals surface area contributed by atoms with Gasteiger partial charge in [0.05, 0.1) is 4.92 Å². The lowest BCUT2D eigenvalue weighted by atomic mass is 10.2. The molecule has 0 aliphatic rings. The summed E-state index contributed by atoms with van der Waals surface area (Å²) in [5.41, 5.74) is 1.07. The highest BCUT2D eigenvalue weighted by Crippen LogP contribution is 2.18. The van der Waals surface area contributed by atoms with Crippen molar-refractivity contribution in [1.82, 2.24) is 9.97 Å². The van der Waals surface area contributed by atoms with E-state index in [9.17, 15) is 10.1 Å². The summed E-state index contributed by atoms with van der Waals surface area (Å²) >= 11 is 0. The van der Waals surface area contributed by atoms with E-state index in [1.165, 1.54) is 6.07 Å². The van der Waals surface area contributed by atoms with E-state index in [1.807, 2.05) is 18.2 Å². The van der Waals surface area contributed by atoms with Crippen molar-refractivity contribution in [2.75, 3.05) is 11.9 Å². The van der Waals surface area contributed by atoms with Crippen molar-refractivity contribution in [2.45, 2.75) is 6.42 Å². The Morgan fingerprint density at radius 3 is 2.80 bits per heavy atom. The molecule has 0 saturated carbocycles. The van der Waals surface area contributed by atoms with Crippen LogP contribution in [0.15, 0.2) is 36.8 Å². The maximum absolute atomic E-state index is 10.6. The van der Waals surface area contributed by atoms with Crippen molar-refractivity contribution >= 4 is 11.5 Å². The molecule has 0 aliphatic heterocycles. The van der Waals surface area contributed by atoms with E-state index in [0.717, 1.165) is 18.2 Å². The Kier molecular flexibility index (Phi) is 4.19. The fourth-order valence-electron chi connectivity index (χ4n) is 1.65. The minimum Gasteiger partial charge on any atom is -0.369 e. The molecule has 0 aliphatic carbocycles. The third-order valence-electron chi connectivity index (χ3n) is 2.66. The van der Waals surface area contributed by atoms with Crippen LogP contribution in [0.4, 0.5) is 11.5 Å². The summed E-state index contributed by atoms with van der Waals surface area (Å²) in [6, 6.07) is 6.91. The highest BCUT2D eigenvalue weighted by atomic mass is 16.6. The highest BCUT2D eigenvalue weighted by molar-refractivity contribution is 5.55. The van der Waals surface area contributed by atoms with Gasteiger partial charge in [-0.1, -0.05) is 0 Å². The van der Waals surface area contributed by atoms with Gasteiger partial charge in [0.1, 0.15) is 23.6 Å². The predicted molar refractivity (Wildman–Crippen MR) is 72.0 cm³/mol. The zero-order chi connectivity index (χ0) is 14.4. The van der Waals surface area contributed by atoms with E-state index in [1.54, 1.807) is 12.4 Å². The molecule has 0 atom stereocenters. The number of aromatic nitrogens is 2. The summed E-state index contributed by atoms with van der Waals surface area (Å²) in [5, 5.41) is 22.6. The first-order valence-corrected chi connectivity index (χ1v) is 5.88. The maximum atomic E-state index is 10.6. The number of hydrogen-bond acceptors (Lipinski definition) is 6. The van der Waals surface area contributed by atoms with Crippen LogP contribution in [0.2, 0.25) is 0 Å². The number of nitrogens with zero attached hydrogens (tertiary/aromatic N) is 4. The van der Waals surface area contributed by atoms with Crippen LogP contribution in [-0.4, -0.2) is 21.4 Å². The third-order valence-corrected chi connectivity index (χ3v) is 2.66. The standard InChI is InChI=1S/C13H11N5O2/c14-8-11-7-12(18(19)20)9-17-13(11)16-6-3-10-1-4-15-5-2-10/h1-2,4-5,7,9H,3,6H2,(H,16,17). The topological polar surface area (TPSA) is 105 Å². The molecule has 2 aromatic heterocycles. The molecule has 0 bridgehead atoms. The van der Waals surface area contributed by atoms with Crippen molar-refractivity contribution in [1.29, 1.82) is 5.26 Å². The molecule has 0 unspecified atom stereocenters. The van der Waals surface area contributed by atoms with Crippen molar-refractivity contribution in [3.63, 3.8) is 0 Å². The lowest BCUT2D eigenvalue weighted by Crippen LogP contribution is -2.08. The van der Waals surface area contributed by atoms with Crippen LogP contribution in [0, 0.1) is 21.4 Å². The zero-order valence-corrected chi connectivity index (χ0v) is 10.5. The van der Waals surface area contributed by atoms with Gasteiger partial charge in [0.15, 0.2) is 0 Å². The molecule has 1 N–H and O–H groups in total. The Bertz CT molecular complexity index is 652. The normalized spacial score (nSPS) is 9.75. The largest absolute Gasteiger partial charge is 0.369 e. The Balaban J connectivity index is 2.03. The Morgan fingerprint density at radius 2 is 2.15 bits per heavy atom. The number of nitro groups is 1. The van der Waals surface area contributed by atoms with Gasteiger partial charge >= 0.3 is 0 Å². The van der Waals surface area contributed by atoms with Gasteiger partial charge in [-0.15, -0.1) is 0 Å². The second-order valence-corrected chi connectivity index (χ2v) is 3.99. The summed E-state index contributed by atoms with van der Waals surface area (Å²) in [6.45, 7) is 0.573. The van der Waals surface area contributed by atoms with E-state index in [2.05, 4.69) is 15.3 Å². The molecule has 100 valence electrons. The number of hydrogen-bond donors (Lipinski definition) is 1. The van der Waals surface area contributed by atoms with Gasteiger partial charge in [-0.05, 0) is 24.1 Å². The van der Waals surface area contributed by atoms with E-state index in [-0.39, 0.29) is 11.3 Å². The molecule has 2 heterocycles. The zero-order valence-electron chi connectivity index (χ0n) is 10.5. The minimum atomic E-state index is -0.575. The lowest BCUT2D eigenvalue weighted by Gasteiger charge is -2.06. The molecule has 0 radical (unpaired) electrons. The van der Waals surface area contributed by atoms with E-state index in [0.29, 0.717) is 12.4 Å². The van der Waals surface area contributed by atoms with Crippen molar-refractivity contribution < 1.29 is 4.92 Å². The van der Waals surface area contributed by atoms with Crippen LogP contribution < -0.4 is 5.32 Å². The average Bonchev–Trinajstić information content (AvgIpc) is 2.48. The SMILES string of the molecule is N#Cc1cc([N+](=O)[O-])cnc1NCCc1ccncc1. The fraction of sp³-hybridized carbons (Fsp3) is 0.154. The van der Waals surface area contributed by atoms with Crippen LogP contribution in [0.5, 0.6) is 0 Å². The quantitative estimate of drug-likeness (QED) is 0.656. The fourth-order valence-corrected chi connectivity index (χ4v) is 1.65. The second kappa shape index (κ2) is 6.24. The van der Waals surface area contributed by atoms with Crippen LogP contribution in [0.3, 0.4) is 0 Å². The van der Waals surface area contributed by atoms with Crippen molar-refractivity contribution in [3.05, 3.63) is 58.0 Å². The molecular formula is C13H11N5O2.